The second-order valence-electron chi connectivity index (χ2n) is 3.09. The van der Waals surface area contributed by atoms with E-state index >= 15 is 0 Å². The second kappa shape index (κ2) is 8.00. The summed E-state index contributed by atoms with van der Waals surface area (Å²) in [5, 5.41) is 1.52. The van der Waals surface area contributed by atoms with Crippen LogP contribution in [0.1, 0.15) is 0 Å². The van der Waals surface area contributed by atoms with Gasteiger partial charge in [0.25, 0.3) is 0 Å². The molecule has 3 heteroatoms. The normalized spacial score (nSPS) is 8.80. The third-order valence-electron chi connectivity index (χ3n) is 1.72. The zero-order valence-electron chi connectivity index (χ0n) is 9.49. The first kappa shape index (κ1) is 13.6. The van der Waals surface area contributed by atoms with Gasteiger partial charge in [0, 0.05) is 6.08 Å². The van der Waals surface area contributed by atoms with Crippen LogP contribution in [0.3, 0.4) is 0 Å². The van der Waals surface area contributed by atoms with Gasteiger partial charge in [-0.3, -0.25) is 0 Å². The molecule has 0 saturated heterocycles. The average Bonchev–Trinajstić information content (AvgIpc) is 2.30. The molecule has 0 atom stereocenters. The molecule has 0 aromatic heterocycles. The van der Waals surface area contributed by atoms with E-state index in [2.05, 4.69) is 54.7 Å². The Balaban J connectivity index is 0.000000288. The summed E-state index contributed by atoms with van der Waals surface area (Å²) in [6.45, 7) is 7.77. The lowest BCUT2D eigenvalue weighted by molar-refractivity contribution is -0.134. The van der Waals surface area contributed by atoms with Crippen LogP contribution in [0.15, 0.2) is 43.0 Å². The lowest BCUT2D eigenvalue weighted by Gasteiger charge is -1.99. The molecule has 0 N–H and O–H groups in total. The SMILES string of the molecule is C=CC(=O)OC.C[Si](C)c1ccccc1. The van der Waals surface area contributed by atoms with Gasteiger partial charge in [0.15, 0.2) is 0 Å². The maximum Gasteiger partial charge on any atom is 0.329 e. The van der Waals surface area contributed by atoms with Crippen LogP contribution >= 0.6 is 0 Å². The molecule has 1 aromatic carbocycles. The van der Waals surface area contributed by atoms with Crippen LogP contribution in [0.5, 0.6) is 0 Å². The molecule has 1 rings (SSSR count). The van der Waals surface area contributed by atoms with E-state index in [1.807, 2.05) is 0 Å². The van der Waals surface area contributed by atoms with Crippen molar-refractivity contribution in [2.45, 2.75) is 13.1 Å². The van der Waals surface area contributed by atoms with Crippen molar-refractivity contribution in [2.24, 2.45) is 0 Å². The molecule has 0 spiro atoms. The zero-order chi connectivity index (χ0) is 11.7. The average molecular weight is 221 g/mol. The Morgan fingerprint density at radius 3 is 2.07 bits per heavy atom. The van der Waals surface area contributed by atoms with Crippen LogP contribution in [0.25, 0.3) is 0 Å². The lowest BCUT2D eigenvalue weighted by Crippen LogP contribution is -2.21. The summed E-state index contributed by atoms with van der Waals surface area (Å²) in [4.78, 5) is 9.84. The van der Waals surface area contributed by atoms with Crippen molar-refractivity contribution >= 4 is 20.0 Å². The molecule has 0 fully saturated rings. The maximum atomic E-state index is 9.84. The van der Waals surface area contributed by atoms with Crippen molar-refractivity contribution in [3.63, 3.8) is 0 Å². The molecule has 0 bridgehead atoms. The Kier molecular flexibility index (Phi) is 7.28. The van der Waals surface area contributed by atoms with E-state index in [9.17, 15) is 4.79 Å². The summed E-state index contributed by atoms with van der Waals surface area (Å²) in [6.07, 6.45) is 1.11. The number of esters is 1. The molecular formula is C12H17O2Si. The van der Waals surface area contributed by atoms with Crippen LogP contribution in [0, 0.1) is 0 Å². The molecular weight excluding hydrogens is 204 g/mol. The maximum absolute atomic E-state index is 9.84. The highest BCUT2D eigenvalue weighted by molar-refractivity contribution is 6.70. The largest absolute Gasteiger partial charge is 0.466 e. The van der Waals surface area contributed by atoms with Gasteiger partial charge in [-0.2, -0.15) is 0 Å². The summed E-state index contributed by atoms with van der Waals surface area (Å²) in [5.74, 6) is -0.394. The number of carbonyl (C=O) groups excluding carboxylic acids is 1. The summed E-state index contributed by atoms with van der Waals surface area (Å²) in [7, 11) is 1.10. The summed E-state index contributed by atoms with van der Waals surface area (Å²) in [6, 6.07) is 10.7. The Morgan fingerprint density at radius 2 is 1.87 bits per heavy atom. The van der Waals surface area contributed by atoms with Gasteiger partial charge < -0.3 is 4.74 Å². The molecule has 0 aliphatic carbocycles. The predicted molar refractivity (Wildman–Crippen MR) is 65.8 cm³/mol. The number of hydrogen-bond donors (Lipinski definition) is 0. The fourth-order valence-electron chi connectivity index (χ4n) is 0.855. The number of ether oxygens (including phenoxy) is 1. The molecule has 0 heterocycles. The molecule has 15 heavy (non-hydrogen) atoms. The van der Waals surface area contributed by atoms with Crippen molar-refractivity contribution < 1.29 is 9.53 Å². The summed E-state index contributed by atoms with van der Waals surface area (Å²) in [5.41, 5.74) is 0. The number of methoxy groups -OCH3 is 1. The van der Waals surface area contributed by atoms with Crippen molar-refractivity contribution in [1.82, 2.24) is 0 Å². The van der Waals surface area contributed by atoms with E-state index in [0.717, 1.165) is 6.08 Å². The highest BCUT2D eigenvalue weighted by atomic mass is 28.3. The molecule has 0 saturated carbocycles. The van der Waals surface area contributed by atoms with Crippen LogP contribution in [-0.2, 0) is 9.53 Å². The van der Waals surface area contributed by atoms with Gasteiger partial charge in [0.05, 0.1) is 15.9 Å². The van der Waals surface area contributed by atoms with Crippen LogP contribution < -0.4 is 5.19 Å². The number of carbonyl (C=O) groups is 1. The predicted octanol–water partition coefficient (Wildman–Crippen LogP) is 1.99. The smallest absolute Gasteiger partial charge is 0.329 e. The van der Waals surface area contributed by atoms with Crippen molar-refractivity contribution in [1.29, 1.82) is 0 Å². The van der Waals surface area contributed by atoms with E-state index in [4.69, 9.17) is 0 Å². The lowest BCUT2D eigenvalue weighted by atomic mass is 10.4. The third-order valence-corrected chi connectivity index (χ3v) is 3.21. The zero-order valence-corrected chi connectivity index (χ0v) is 10.5. The van der Waals surface area contributed by atoms with Gasteiger partial charge in [-0.25, -0.2) is 4.79 Å². The van der Waals surface area contributed by atoms with Crippen LogP contribution in [-0.4, -0.2) is 21.9 Å². The van der Waals surface area contributed by atoms with Gasteiger partial charge in [0.2, 0.25) is 0 Å². The molecule has 0 aliphatic rings. The number of hydrogen-bond acceptors (Lipinski definition) is 2. The molecule has 1 aromatic rings. The van der Waals surface area contributed by atoms with Gasteiger partial charge >= 0.3 is 5.97 Å². The van der Waals surface area contributed by atoms with E-state index in [1.54, 1.807) is 0 Å². The van der Waals surface area contributed by atoms with Gasteiger partial charge in [-0.05, 0) is 0 Å². The molecule has 81 valence electrons. The van der Waals surface area contributed by atoms with Crippen molar-refractivity contribution in [3.05, 3.63) is 43.0 Å². The minimum Gasteiger partial charge on any atom is -0.466 e. The van der Waals surface area contributed by atoms with Gasteiger partial charge in [0.1, 0.15) is 0 Å². The first-order chi connectivity index (χ1) is 7.11. The fourth-order valence-corrected chi connectivity index (χ4v) is 1.71. The second-order valence-corrected chi connectivity index (χ2v) is 5.67. The van der Waals surface area contributed by atoms with E-state index in [0.29, 0.717) is 0 Å². The molecule has 2 nitrogen and oxygen atoms in total. The number of rotatable bonds is 2. The Hall–Kier alpha value is -1.35. The highest BCUT2D eigenvalue weighted by Crippen LogP contribution is 1.86. The van der Waals surface area contributed by atoms with Crippen LogP contribution in [0.4, 0.5) is 0 Å². The van der Waals surface area contributed by atoms with Crippen molar-refractivity contribution in [3.8, 4) is 0 Å². The quantitative estimate of drug-likeness (QED) is 0.434. The highest BCUT2D eigenvalue weighted by Gasteiger charge is 1.96. The third kappa shape index (κ3) is 6.68. The van der Waals surface area contributed by atoms with E-state index < -0.39 is 5.97 Å². The summed E-state index contributed by atoms with van der Waals surface area (Å²) < 4.78 is 4.14. The van der Waals surface area contributed by atoms with Crippen LogP contribution in [0.2, 0.25) is 13.1 Å². The monoisotopic (exact) mass is 221 g/mol. The molecule has 1 radical (unpaired) electrons. The Morgan fingerprint density at radius 1 is 1.33 bits per heavy atom. The minimum absolute atomic E-state index is 0.212. The Bertz CT molecular complexity index is 294. The fraction of sp³-hybridized carbons (Fsp3) is 0.250. The van der Waals surface area contributed by atoms with E-state index in [1.165, 1.54) is 12.3 Å². The minimum atomic E-state index is -0.394. The van der Waals surface area contributed by atoms with Gasteiger partial charge in [-0.1, -0.05) is 55.2 Å². The molecule has 0 unspecified atom stereocenters. The van der Waals surface area contributed by atoms with Crippen molar-refractivity contribution in [2.75, 3.05) is 7.11 Å². The topological polar surface area (TPSA) is 26.3 Å². The molecule has 0 aliphatic heterocycles. The van der Waals surface area contributed by atoms with Gasteiger partial charge in [-0.15, -0.1) is 0 Å². The summed E-state index contributed by atoms with van der Waals surface area (Å²) >= 11 is 0. The number of benzene rings is 1. The van der Waals surface area contributed by atoms with E-state index in [-0.39, 0.29) is 8.80 Å². The first-order valence-electron chi connectivity index (χ1n) is 4.67. The first-order valence-corrected chi connectivity index (χ1v) is 7.17. The standard InChI is InChI=1S/C8H11Si.C4H6O2/c1-9(2)8-6-4-3-5-7-8;1-3-4(5)6-2/h3-7H,1-2H3;3H,1H2,2H3. The Labute approximate surface area is 93.2 Å². The molecule has 0 amide bonds.